The van der Waals surface area contributed by atoms with Crippen molar-refractivity contribution >= 4 is 17.3 Å². The molecule has 140 valence electrons. The second-order valence-corrected chi connectivity index (χ2v) is 6.57. The van der Waals surface area contributed by atoms with E-state index in [0.29, 0.717) is 30.2 Å². The molecule has 0 spiro atoms. The number of halogens is 1. The van der Waals surface area contributed by atoms with E-state index in [1.807, 2.05) is 4.90 Å². The summed E-state index contributed by atoms with van der Waals surface area (Å²) in [6, 6.07) is 4.62. The normalized spacial score (nSPS) is 17.1. The number of piperidine rings is 1. The van der Waals surface area contributed by atoms with E-state index in [1.165, 1.54) is 6.07 Å². The molecule has 5 N–H and O–H groups in total. The van der Waals surface area contributed by atoms with Gasteiger partial charge in [-0.1, -0.05) is 6.07 Å². The van der Waals surface area contributed by atoms with Gasteiger partial charge >= 0.3 is 0 Å². The van der Waals surface area contributed by atoms with Gasteiger partial charge in [-0.3, -0.25) is 9.89 Å². The molecule has 8 nitrogen and oxygen atoms in total. The average Bonchev–Trinajstić information content (AvgIpc) is 3.33. The van der Waals surface area contributed by atoms with Crippen LogP contribution >= 0.6 is 0 Å². The fourth-order valence-corrected chi connectivity index (χ4v) is 3.31. The molecule has 0 saturated carbocycles. The topological polar surface area (TPSA) is 116 Å². The van der Waals surface area contributed by atoms with Crippen LogP contribution in [0.1, 0.15) is 23.5 Å². The predicted octanol–water partition coefficient (Wildman–Crippen LogP) is 2.12. The Labute approximate surface area is 155 Å². The number of nitrogens with two attached hydrogens (primary N) is 1. The number of carbonyl (C=O) groups excluding carboxylic acids is 1. The number of nitrogens with one attached hydrogen (secondary N) is 3. The molecule has 2 aromatic heterocycles. The Kier molecular flexibility index (Phi) is 4.59. The zero-order valence-corrected chi connectivity index (χ0v) is 14.6. The van der Waals surface area contributed by atoms with Gasteiger partial charge in [0.1, 0.15) is 5.82 Å². The van der Waals surface area contributed by atoms with Crippen LogP contribution in [0.25, 0.3) is 11.3 Å². The van der Waals surface area contributed by atoms with Gasteiger partial charge in [-0.2, -0.15) is 5.10 Å². The number of benzene rings is 1. The monoisotopic (exact) mass is 369 g/mol. The van der Waals surface area contributed by atoms with Crippen LogP contribution in [0.5, 0.6) is 0 Å². The summed E-state index contributed by atoms with van der Waals surface area (Å²) in [5, 5.41) is 9.33. The summed E-state index contributed by atoms with van der Waals surface area (Å²) in [5.74, 6) is -0.699. The third-order valence-electron chi connectivity index (χ3n) is 4.61. The number of carbonyl (C=O) groups is 1. The van der Waals surface area contributed by atoms with Crippen molar-refractivity contribution in [3.8, 4) is 11.3 Å². The van der Waals surface area contributed by atoms with Crippen LogP contribution < -0.4 is 16.0 Å². The number of imidazole rings is 1. The summed E-state index contributed by atoms with van der Waals surface area (Å²) in [6.07, 6.45) is 6.67. The smallest absolute Gasteiger partial charge is 0.291 e. The lowest BCUT2D eigenvalue weighted by atomic mass is 10.1. The Balaban J connectivity index is 1.57. The van der Waals surface area contributed by atoms with Crippen LogP contribution in [0.3, 0.4) is 0 Å². The number of para-hydroxylation sites is 1. The zero-order valence-electron chi connectivity index (χ0n) is 14.6. The lowest BCUT2D eigenvalue weighted by Crippen LogP contribution is -2.43. The molecule has 1 fully saturated rings. The predicted molar refractivity (Wildman–Crippen MR) is 99.9 cm³/mol. The number of H-pyrrole nitrogens is 2. The second-order valence-electron chi connectivity index (χ2n) is 6.57. The average molecular weight is 369 g/mol. The number of rotatable bonds is 4. The van der Waals surface area contributed by atoms with Gasteiger partial charge in [0.25, 0.3) is 5.91 Å². The molecule has 1 aliphatic heterocycles. The summed E-state index contributed by atoms with van der Waals surface area (Å²) in [6.45, 7) is 1.25. The molecule has 3 aromatic rings. The van der Waals surface area contributed by atoms with Gasteiger partial charge in [-0.25, -0.2) is 9.37 Å². The largest absolute Gasteiger partial charge is 0.366 e. The van der Waals surface area contributed by atoms with Crippen LogP contribution in [0, 0.1) is 5.82 Å². The first-order valence-electron chi connectivity index (χ1n) is 8.76. The highest BCUT2D eigenvalue weighted by Gasteiger charge is 2.23. The summed E-state index contributed by atoms with van der Waals surface area (Å²) >= 11 is 0. The maximum atomic E-state index is 14.5. The van der Waals surface area contributed by atoms with Crippen molar-refractivity contribution in [3.05, 3.63) is 48.4 Å². The number of aromatic amines is 2. The fourth-order valence-electron chi connectivity index (χ4n) is 3.31. The van der Waals surface area contributed by atoms with E-state index >= 15 is 0 Å². The zero-order chi connectivity index (χ0) is 18.8. The first-order chi connectivity index (χ1) is 13.1. The Morgan fingerprint density at radius 2 is 2.26 bits per heavy atom. The van der Waals surface area contributed by atoms with Crippen LogP contribution in [-0.2, 0) is 0 Å². The third-order valence-corrected chi connectivity index (χ3v) is 4.61. The van der Waals surface area contributed by atoms with Crippen molar-refractivity contribution in [3.63, 3.8) is 0 Å². The highest BCUT2D eigenvalue weighted by Crippen LogP contribution is 2.31. The molecule has 1 aliphatic rings. The number of nitrogens with zero attached hydrogens (tertiary/aromatic N) is 3. The molecule has 0 radical (unpaired) electrons. The first-order valence-corrected chi connectivity index (χ1v) is 8.76. The van der Waals surface area contributed by atoms with E-state index < -0.39 is 5.91 Å². The van der Waals surface area contributed by atoms with Gasteiger partial charge in [0.15, 0.2) is 5.82 Å². The van der Waals surface area contributed by atoms with Crippen molar-refractivity contribution in [2.24, 2.45) is 5.73 Å². The molecule has 1 saturated heterocycles. The Morgan fingerprint density at radius 1 is 1.37 bits per heavy atom. The molecular weight excluding hydrogens is 349 g/mol. The van der Waals surface area contributed by atoms with Crippen molar-refractivity contribution in [1.82, 2.24) is 20.2 Å². The molecule has 1 amide bonds. The Bertz CT molecular complexity index is 937. The van der Waals surface area contributed by atoms with E-state index in [4.69, 9.17) is 5.73 Å². The molecule has 3 heterocycles. The van der Waals surface area contributed by atoms with Crippen molar-refractivity contribution < 1.29 is 9.18 Å². The van der Waals surface area contributed by atoms with Gasteiger partial charge in [0.2, 0.25) is 0 Å². The van der Waals surface area contributed by atoms with E-state index in [-0.39, 0.29) is 17.7 Å². The summed E-state index contributed by atoms with van der Waals surface area (Å²) in [5.41, 5.74) is 8.24. The molecule has 0 unspecified atom stereocenters. The summed E-state index contributed by atoms with van der Waals surface area (Å²) in [4.78, 5) is 21.6. The molecule has 0 bridgehead atoms. The number of anilines is 2. The van der Waals surface area contributed by atoms with Gasteiger partial charge in [-0.05, 0) is 25.0 Å². The standard InChI is InChI=1S/C18H20FN7O/c19-13-4-1-5-14(16(13)26-6-2-3-12(20)10-26)25-18(27)17-21-9-15(24-17)11-7-22-23-8-11/h1,4-5,7-9,12H,2-3,6,10,20H2,(H,21,24)(H,22,23)(H,25,27)/t12-/m1/s1. The maximum absolute atomic E-state index is 14.5. The SMILES string of the molecule is N[C@@H]1CCCN(c2c(F)cccc2NC(=O)c2ncc(-c3cn[nH]c3)[nH]2)C1. The van der Waals surface area contributed by atoms with Gasteiger partial charge < -0.3 is 20.9 Å². The minimum atomic E-state index is -0.446. The third kappa shape index (κ3) is 3.54. The fraction of sp³-hybridized carbons (Fsp3) is 0.278. The van der Waals surface area contributed by atoms with Crippen molar-refractivity contribution in [2.75, 3.05) is 23.3 Å². The number of hydrogen-bond acceptors (Lipinski definition) is 5. The lowest BCUT2D eigenvalue weighted by Gasteiger charge is -2.34. The number of amides is 1. The molecule has 27 heavy (non-hydrogen) atoms. The van der Waals surface area contributed by atoms with E-state index in [9.17, 15) is 9.18 Å². The molecule has 4 rings (SSSR count). The molecule has 1 atom stereocenters. The van der Waals surface area contributed by atoms with Crippen LogP contribution in [0.2, 0.25) is 0 Å². The van der Waals surface area contributed by atoms with Crippen molar-refractivity contribution in [2.45, 2.75) is 18.9 Å². The number of hydrogen-bond donors (Lipinski definition) is 4. The van der Waals surface area contributed by atoms with E-state index in [0.717, 1.165) is 18.4 Å². The van der Waals surface area contributed by atoms with Gasteiger partial charge in [0.05, 0.1) is 29.5 Å². The van der Waals surface area contributed by atoms with Gasteiger partial charge in [-0.15, -0.1) is 0 Å². The minimum absolute atomic E-state index is 0.00972. The van der Waals surface area contributed by atoms with Crippen LogP contribution in [-0.4, -0.2) is 45.2 Å². The lowest BCUT2D eigenvalue weighted by molar-refractivity contribution is 0.101. The van der Waals surface area contributed by atoms with Crippen LogP contribution in [0.15, 0.2) is 36.8 Å². The van der Waals surface area contributed by atoms with Gasteiger partial charge in [0, 0.05) is 30.9 Å². The quantitative estimate of drug-likeness (QED) is 0.562. The van der Waals surface area contributed by atoms with E-state index in [2.05, 4.69) is 25.5 Å². The molecule has 9 heteroatoms. The second kappa shape index (κ2) is 7.20. The molecule has 1 aromatic carbocycles. The number of aromatic nitrogens is 4. The summed E-state index contributed by atoms with van der Waals surface area (Å²) in [7, 11) is 0. The maximum Gasteiger partial charge on any atom is 0.291 e. The highest BCUT2D eigenvalue weighted by atomic mass is 19.1. The van der Waals surface area contributed by atoms with Crippen molar-refractivity contribution in [1.29, 1.82) is 0 Å². The van der Waals surface area contributed by atoms with Crippen LogP contribution in [0.4, 0.5) is 15.8 Å². The Hall–Kier alpha value is -3.20. The highest BCUT2D eigenvalue weighted by molar-refractivity contribution is 6.04. The Morgan fingerprint density at radius 3 is 3.04 bits per heavy atom. The van der Waals surface area contributed by atoms with E-state index in [1.54, 1.807) is 30.7 Å². The molecular formula is C18H20FN7O. The molecule has 0 aliphatic carbocycles. The minimum Gasteiger partial charge on any atom is -0.366 e. The first kappa shape index (κ1) is 17.2. The summed E-state index contributed by atoms with van der Waals surface area (Å²) < 4.78 is 14.5.